The van der Waals surface area contributed by atoms with Gasteiger partial charge in [-0.3, -0.25) is 9.59 Å². The molecule has 1 aromatic heterocycles. The number of rotatable bonds is 6. The van der Waals surface area contributed by atoms with Crippen LogP contribution < -0.4 is 0 Å². The van der Waals surface area contributed by atoms with Crippen LogP contribution in [0, 0.1) is 17.8 Å². The highest BCUT2D eigenvalue weighted by Gasteiger charge is 2.51. The number of amides is 1. The quantitative estimate of drug-likeness (QED) is 0.877. The van der Waals surface area contributed by atoms with E-state index in [1.165, 1.54) is 6.42 Å². The molecule has 1 aromatic rings. The fraction of sp³-hybridized carbons (Fsp3) is 0.647. The molecule has 22 heavy (non-hydrogen) atoms. The molecule has 5 heteroatoms. The van der Waals surface area contributed by atoms with Gasteiger partial charge in [0.15, 0.2) is 0 Å². The van der Waals surface area contributed by atoms with Crippen molar-refractivity contribution in [3.63, 3.8) is 0 Å². The van der Waals surface area contributed by atoms with E-state index < -0.39 is 11.9 Å². The molecule has 0 saturated heterocycles. The Morgan fingerprint density at radius 2 is 2.00 bits per heavy atom. The summed E-state index contributed by atoms with van der Waals surface area (Å²) in [6, 6.07) is 4.26. The van der Waals surface area contributed by atoms with Crippen molar-refractivity contribution < 1.29 is 19.1 Å². The van der Waals surface area contributed by atoms with Gasteiger partial charge >= 0.3 is 5.97 Å². The molecule has 0 bridgehead atoms. The first-order valence-electron chi connectivity index (χ1n) is 8.16. The van der Waals surface area contributed by atoms with E-state index in [4.69, 9.17) is 9.52 Å². The van der Waals surface area contributed by atoms with Crippen LogP contribution in [-0.4, -0.2) is 27.9 Å². The zero-order chi connectivity index (χ0) is 15.4. The average Bonchev–Trinajstić information content (AvgIpc) is 3.34. The van der Waals surface area contributed by atoms with Crippen LogP contribution >= 0.6 is 0 Å². The largest absolute Gasteiger partial charge is 0.481 e. The minimum Gasteiger partial charge on any atom is -0.481 e. The van der Waals surface area contributed by atoms with Crippen molar-refractivity contribution in [1.29, 1.82) is 0 Å². The summed E-state index contributed by atoms with van der Waals surface area (Å²) in [6.45, 7) is 2.69. The van der Waals surface area contributed by atoms with Crippen LogP contribution in [0.4, 0.5) is 0 Å². The third-order valence-electron chi connectivity index (χ3n) is 5.18. The molecule has 118 valence electrons. The van der Waals surface area contributed by atoms with Gasteiger partial charge in [-0.2, -0.15) is 0 Å². The topological polar surface area (TPSA) is 70.8 Å². The van der Waals surface area contributed by atoms with Gasteiger partial charge in [0, 0.05) is 12.0 Å². The Hall–Kier alpha value is -1.78. The fourth-order valence-electron chi connectivity index (χ4n) is 3.29. The number of carbonyl (C=O) groups excluding carboxylic acids is 1. The van der Waals surface area contributed by atoms with Crippen LogP contribution in [0.15, 0.2) is 16.5 Å². The fourth-order valence-corrected chi connectivity index (χ4v) is 3.29. The first kappa shape index (κ1) is 13.9. The van der Waals surface area contributed by atoms with Gasteiger partial charge in [-0.1, -0.05) is 6.92 Å². The number of carboxylic acid groups (broad SMARTS) is 1. The van der Waals surface area contributed by atoms with E-state index >= 15 is 0 Å². The molecule has 3 aliphatic rings. The molecular weight excluding hydrogens is 282 g/mol. The van der Waals surface area contributed by atoms with E-state index in [0.29, 0.717) is 24.8 Å². The van der Waals surface area contributed by atoms with Gasteiger partial charge in [-0.05, 0) is 43.7 Å². The first-order valence-corrected chi connectivity index (χ1v) is 8.16. The van der Waals surface area contributed by atoms with Crippen molar-refractivity contribution in [1.82, 2.24) is 4.90 Å². The summed E-state index contributed by atoms with van der Waals surface area (Å²) >= 11 is 0. The Kier molecular flexibility index (Phi) is 3.06. The summed E-state index contributed by atoms with van der Waals surface area (Å²) in [7, 11) is 0. The lowest BCUT2D eigenvalue weighted by molar-refractivity contribution is -0.142. The van der Waals surface area contributed by atoms with Crippen molar-refractivity contribution in [2.24, 2.45) is 17.8 Å². The summed E-state index contributed by atoms with van der Waals surface area (Å²) in [5.41, 5.74) is 0. The number of carbonyl (C=O) groups is 2. The van der Waals surface area contributed by atoms with Crippen LogP contribution in [0.2, 0.25) is 0 Å². The lowest BCUT2D eigenvalue weighted by atomic mass is 10.2. The molecule has 0 aromatic carbocycles. The van der Waals surface area contributed by atoms with Crippen molar-refractivity contribution >= 4 is 11.9 Å². The zero-order valence-corrected chi connectivity index (χ0v) is 12.7. The van der Waals surface area contributed by atoms with Gasteiger partial charge in [0.2, 0.25) is 5.91 Å². The Balaban J connectivity index is 1.43. The third kappa shape index (κ3) is 2.53. The highest BCUT2D eigenvalue weighted by molar-refractivity contribution is 5.89. The van der Waals surface area contributed by atoms with E-state index in [9.17, 15) is 9.59 Å². The normalized spacial score (nSPS) is 32.6. The van der Waals surface area contributed by atoms with Gasteiger partial charge in [-0.25, -0.2) is 0 Å². The standard InChI is InChI=1S/C17H21NO4/c1-9-6-12(9)15-5-4-11(22-15)8-18(10-2-3-10)16(19)13-7-14(13)17(20)21/h4-5,9-10,12-14H,2-3,6-8H2,1H3,(H,20,21). The number of carboxylic acids is 1. The number of furan rings is 1. The molecule has 1 N–H and O–H groups in total. The third-order valence-corrected chi connectivity index (χ3v) is 5.18. The predicted octanol–water partition coefficient (Wildman–Crippen LogP) is 2.61. The van der Waals surface area contributed by atoms with Crippen LogP contribution in [0.25, 0.3) is 0 Å². The van der Waals surface area contributed by atoms with Crippen LogP contribution in [-0.2, 0) is 16.1 Å². The summed E-state index contributed by atoms with van der Waals surface area (Å²) in [4.78, 5) is 25.3. The molecule has 1 heterocycles. The number of hydrogen-bond acceptors (Lipinski definition) is 3. The second-order valence-corrected chi connectivity index (χ2v) is 7.11. The Bertz CT molecular complexity index is 618. The minimum absolute atomic E-state index is 0.00681. The highest BCUT2D eigenvalue weighted by Crippen LogP contribution is 2.47. The molecular formula is C17H21NO4. The van der Waals surface area contributed by atoms with Crippen molar-refractivity contribution in [3.05, 3.63) is 23.7 Å². The van der Waals surface area contributed by atoms with Crippen LogP contribution in [0.3, 0.4) is 0 Å². The molecule has 3 aliphatic carbocycles. The van der Waals surface area contributed by atoms with Crippen molar-refractivity contribution in [3.8, 4) is 0 Å². The number of aliphatic carboxylic acids is 1. The number of hydrogen-bond donors (Lipinski definition) is 1. The smallest absolute Gasteiger partial charge is 0.307 e. The van der Waals surface area contributed by atoms with E-state index in [2.05, 4.69) is 6.92 Å². The van der Waals surface area contributed by atoms with Gasteiger partial charge in [0.05, 0.1) is 18.4 Å². The van der Waals surface area contributed by atoms with Gasteiger partial charge in [-0.15, -0.1) is 0 Å². The first-order chi connectivity index (χ1) is 10.5. The highest BCUT2D eigenvalue weighted by atomic mass is 16.4. The maximum absolute atomic E-state index is 12.5. The maximum Gasteiger partial charge on any atom is 0.307 e. The lowest BCUT2D eigenvalue weighted by Gasteiger charge is -2.21. The molecule has 1 amide bonds. The minimum atomic E-state index is -0.850. The summed E-state index contributed by atoms with van der Waals surface area (Å²) in [5.74, 6) is 1.43. The molecule has 3 saturated carbocycles. The van der Waals surface area contributed by atoms with E-state index in [1.807, 2.05) is 17.0 Å². The molecule has 4 unspecified atom stereocenters. The summed E-state index contributed by atoms with van der Waals surface area (Å²) in [5, 5.41) is 9.01. The second kappa shape index (κ2) is 4.86. The molecule has 0 spiro atoms. The van der Waals surface area contributed by atoms with Crippen LogP contribution in [0.5, 0.6) is 0 Å². The van der Waals surface area contributed by atoms with E-state index in [0.717, 1.165) is 24.4 Å². The molecule has 3 fully saturated rings. The van der Waals surface area contributed by atoms with Crippen molar-refractivity contribution in [2.75, 3.05) is 0 Å². The van der Waals surface area contributed by atoms with Gasteiger partial charge in [0.25, 0.3) is 0 Å². The lowest BCUT2D eigenvalue weighted by Crippen LogP contribution is -2.34. The molecule has 4 atom stereocenters. The maximum atomic E-state index is 12.5. The number of nitrogens with zero attached hydrogens (tertiary/aromatic N) is 1. The second-order valence-electron chi connectivity index (χ2n) is 7.11. The van der Waals surface area contributed by atoms with Gasteiger partial charge in [0.1, 0.15) is 11.5 Å². The van der Waals surface area contributed by atoms with Gasteiger partial charge < -0.3 is 14.4 Å². The zero-order valence-electron chi connectivity index (χ0n) is 12.7. The molecule has 5 nitrogen and oxygen atoms in total. The van der Waals surface area contributed by atoms with E-state index in [-0.39, 0.29) is 17.9 Å². The molecule has 4 rings (SSSR count). The molecule has 0 aliphatic heterocycles. The Labute approximate surface area is 129 Å². The van der Waals surface area contributed by atoms with Crippen molar-refractivity contribution in [2.45, 2.75) is 51.1 Å². The Morgan fingerprint density at radius 3 is 2.55 bits per heavy atom. The summed E-state index contributed by atoms with van der Waals surface area (Å²) < 4.78 is 5.90. The average molecular weight is 303 g/mol. The monoisotopic (exact) mass is 303 g/mol. The Morgan fingerprint density at radius 1 is 1.27 bits per heavy atom. The van der Waals surface area contributed by atoms with E-state index in [1.54, 1.807) is 0 Å². The summed E-state index contributed by atoms with van der Waals surface area (Å²) in [6.07, 6.45) is 3.70. The predicted molar refractivity (Wildman–Crippen MR) is 78.0 cm³/mol. The molecule has 0 radical (unpaired) electrons. The SMILES string of the molecule is CC1CC1c1ccc(CN(C(=O)C2CC2C(=O)O)C2CC2)o1. The van der Waals surface area contributed by atoms with Crippen LogP contribution in [0.1, 0.15) is 50.0 Å².